The number of thioether (sulfide) groups is 1. The number of esters is 2. The largest absolute Gasteiger partial charge is 0.478 e. The SMILES string of the molecule is CC[C@@H](c1ccccc1C(=O)O)[C@@H]1OC(=O)[C@H](CC(=O)OC)S1. The molecule has 1 saturated heterocycles. The molecular weight excluding hydrogens is 320 g/mol. The molecule has 1 fully saturated rings. The summed E-state index contributed by atoms with van der Waals surface area (Å²) in [6, 6.07) is 6.69. The monoisotopic (exact) mass is 338 g/mol. The number of methoxy groups -OCH3 is 1. The van der Waals surface area contributed by atoms with E-state index in [1.54, 1.807) is 18.2 Å². The molecule has 3 atom stereocenters. The first-order valence-electron chi connectivity index (χ1n) is 7.22. The highest BCUT2D eigenvalue weighted by Gasteiger charge is 2.41. The molecule has 0 unspecified atom stereocenters. The fourth-order valence-electron chi connectivity index (χ4n) is 2.55. The molecule has 0 aromatic heterocycles. The summed E-state index contributed by atoms with van der Waals surface area (Å²) in [6.07, 6.45) is 0.563. The van der Waals surface area contributed by atoms with E-state index in [0.717, 1.165) is 0 Å². The molecule has 1 aliphatic heterocycles. The standard InChI is InChI=1S/C16H18O6S/c1-3-9(10-6-4-5-7-11(10)14(18)19)16-22-15(20)12(23-16)8-13(17)21-2/h4-7,9,12,16H,3,8H2,1-2H3,(H,18,19)/t9-,12-,16+/m0/s1. The summed E-state index contributed by atoms with van der Waals surface area (Å²) in [5.41, 5.74) is 0.321. The number of carbonyl (C=O) groups is 3. The molecule has 1 heterocycles. The summed E-state index contributed by atoms with van der Waals surface area (Å²) in [7, 11) is 1.27. The minimum absolute atomic E-state index is 0.0481. The highest BCUT2D eigenvalue weighted by atomic mass is 32.2. The maximum Gasteiger partial charge on any atom is 0.335 e. The Kier molecular flexibility index (Phi) is 5.65. The van der Waals surface area contributed by atoms with Gasteiger partial charge in [0.05, 0.1) is 19.1 Å². The lowest BCUT2D eigenvalue weighted by Crippen LogP contribution is -2.19. The molecule has 0 aliphatic carbocycles. The van der Waals surface area contributed by atoms with Gasteiger partial charge in [0.25, 0.3) is 0 Å². The van der Waals surface area contributed by atoms with Crippen LogP contribution in [0.1, 0.15) is 41.6 Å². The number of rotatable bonds is 6. The molecule has 1 aliphatic rings. The Hall–Kier alpha value is -2.02. The van der Waals surface area contributed by atoms with Gasteiger partial charge in [-0.3, -0.25) is 9.59 Å². The first-order chi connectivity index (χ1) is 11.0. The van der Waals surface area contributed by atoms with E-state index in [2.05, 4.69) is 4.74 Å². The van der Waals surface area contributed by atoms with Crippen LogP contribution in [0.3, 0.4) is 0 Å². The van der Waals surface area contributed by atoms with Crippen LogP contribution in [0.25, 0.3) is 0 Å². The molecule has 7 heteroatoms. The second kappa shape index (κ2) is 7.50. The predicted octanol–water partition coefficient (Wildman–Crippen LogP) is 2.43. The van der Waals surface area contributed by atoms with Crippen molar-refractivity contribution in [2.24, 2.45) is 0 Å². The second-order valence-corrected chi connectivity index (χ2v) is 6.42. The van der Waals surface area contributed by atoms with Gasteiger partial charge in [-0.25, -0.2) is 4.79 Å². The van der Waals surface area contributed by atoms with Crippen molar-refractivity contribution in [2.45, 2.75) is 36.4 Å². The Labute approximate surface area is 138 Å². The first-order valence-corrected chi connectivity index (χ1v) is 8.17. The van der Waals surface area contributed by atoms with E-state index in [1.165, 1.54) is 24.9 Å². The van der Waals surface area contributed by atoms with Gasteiger partial charge >= 0.3 is 17.9 Å². The summed E-state index contributed by atoms with van der Waals surface area (Å²) in [6.45, 7) is 1.91. The summed E-state index contributed by atoms with van der Waals surface area (Å²) < 4.78 is 9.96. The molecule has 2 rings (SSSR count). The van der Waals surface area contributed by atoms with Crippen molar-refractivity contribution in [1.29, 1.82) is 0 Å². The third-order valence-electron chi connectivity index (χ3n) is 3.73. The predicted molar refractivity (Wildman–Crippen MR) is 84.3 cm³/mol. The van der Waals surface area contributed by atoms with Crippen molar-refractivity contribution in [3.05, 3.63) is 35.4 Å². The van der Waals surface area contributed by atoms with Crippen molar-refractivity contribution in [3.8, 4) is 0 Å². The number of carboxylic acids is 1. The van der Waals surface area contributed by atoms with Gasteiger partial charge < -0.3 is 14.6 Å². The average Bonchev–Trinajstić information content (AvgIpc) is 2.88. The molecule has 1 aromatic carbocycles. The molecule has 0 spiro atoms. The van der Waals surface area contributed by atoms with Crippen molar-refractivity contribution >= 4 is 29.7 Å². The summed E-state index contributed by atoms with van der Waals surface area (Å²) >= 11 is 1.24. The van der Waals surface area contributed by atoms with Gasteiger partial charge in [0, 0.05) is 5.92 Å². The van der Waals surface area contributed by atoms with Gasteiger partial charge in [-0.05, 0) is 18.1 Å². The molecule has 0 radical (unpaired) electrons. The van der Waals surface area contributed by atoms with E-state index >= 15 is 0 Å². The van der Waals surface area contributed by atoms with Gasteiger partial charge in [0.1, 0.15) is 5.25 Å². The number of carbonyl (C=O) groups excluding carboxylic acids is 2. The van der Waals surface area contributed by atoms with Crippen LogP contribution in [0.15, 0.2) is 24.3 Å². The van der Waals surface area contributed by atoms with Gasteiger partial charge in [-0.15, -0.1) is 11.8 Å². The van der Waals surface area contributed by atoms with Gasteiger partial charge in [0.2, 0.25) is 0 Å². The molecule has 0 amide bonds. The normalized spacial score (nSPS) is 21.6. The highest BCUT2D eigenvalue weighted by molar-refractivity contribution is 8.01. The third kappa shape index (κ3) is 3.85. The zero-order chi connectivity index (χ0) is 17.0. The molecule has 124 valence electrons. The van der Waals surface area contributed by atoms with Gasteiger partial charge in [-0.1, -0.05) is 25.1 Å². The topological polar surface area (TPSA) is 89.9 Å². The fraction of sp³-hybridized carbons (Fsp3) is 0.438. The van der Waals surface area contributed by atoms with Crippen LogP contribution >= 0.6 is 11.8 Å². The maximum absolute atomic E-state index is 11.9. The fourth-order valence-corrected chi connectivity index (χ4v) is 3.95. The smallest absolute Gasteiger partial charge is 0.335 e. The van der Waals surface area contributed by atoms with Crippen molar-refractivity contribution in [3.63, 3.8) is 0 Å². The molecule has 23 heavy (non-hydrogen) atoms. The Balaban J connectivity index is 2.21. The second-order valence-electron chi connectivity index (χ2n) is 5.12. The van der Waals surface area contributed by atoms with Crippen LogP contribution in [0.2, 0.25) is 0 Å². The van der Waals surface area contributed by atoms with E-state index in [9.17, 15) is 19.5 Å². The molecule has 1 aromatic rings. The van der Waals surface area contributed by atoms with Crippen LogP contribution in [-0.4, -0.2) is 40.8 Å². The summed E-state index contributed by atoms with van der Waals surface area (Å²) in [5.74, 6) is -2.20. The van der Waals surface area contributed by atoms with E-state index in [1.807, 2.05) is 6.92 Å². The first kappa shape index (κ1) is 17.3. The van der Waals surface area contributed by atoms with Crippen LogP contribution in [0.5, 0.6) is 0 Å². The van der Waals surface area contributed by atoms with E-state index in [-0.39, 0.29) is 17.9 Å². The summed E-state index contributed by atoms with van der Waals surface area (Å²) in [5, 5.41) is 8.72. The number of hydrogen-bond acceptors (Lipinski definition) is 6. The van der Waals surface area contributed by atoms with Crippen LogP contribution < -0.4 is 0 Å². The highest BCUT2D eigenvalue weighted by Crippen LogP contribution is 2.41. The van der Waals surface area contributed by atoms with Crippen LogP contribution in [0, 0.1) is 0 Å². The lowest BCUT2D eigenvalue weighted by Gasteiger charge is -2.22. The van der Waals surface area contributed by atoms with Gasteiger partial charge in [0.15, 0.2) is 5.44 Å². The maximum atomic E-state index is 11.9. The number of cyclic esters (lactones) is 1. The molecule has 0 bridgehead atoms. The Morgan fingerprint density at radius 2 is 2.09 bits per heavy atom. The number of aromatic carboxylic acids is 1. The van der Waals surface area contributed by atoms with Gasteiger partial charge in [-0.2, -0.15) is 0 Å². The number of ether oxygens (including phenoxy) is 2. The minimum Gasteiger partial charge on any atom is -0.478 e. The van der Waals surface area contributed by atoms with E-state index < -0.39 is 28.6 Å². The Morgan fingerprint density at radius 3 is 2.70 bits per heavy atom. The number of hydrogen-bond donors (Lipinski definition) is 1. The van der Waals surface area contributed by atoms with E-state index in [0.29, 0.717) is 12.0 Å². The lowest BCUT2D eigenvalue weighted by atomic mass is 9.92. The Morgan fingerprint density at radius 1 is 1.39 bits per heavy atom. The van der Waals surface area contributed by atoms with Crippen molar-refractivity contribution < 1.29 is 29.0 Å². The van der Waals surface area contributed by atoms with Crippen molar-refractivity contribution in [1.82, 2.24) is 0 Å². The average molecular weight is 338 g/mol. The molecular formula is C16H18O6S. The minimum atomic E-state index is -1.01. The third-order valence-corrected chi connectivity index (χ3v) is 5.11. The van der Waals surface area contributed by atoms with Crippen molar-refractivity contribution in [2.75, 3.05) is 7.11 Å². The molecule has 6 nitrogen and oxygen atoms in total. The zero-order valence-corrected chi connectivity index (χ0v) is 13.7. The van der Waals surface area contributed by atoms with Crippen LogP contribution in [0.4, 0.5) is 0 Å². The van der Waals surface area contributed by atoms with E-state index in [4.69, 9.17) is 4.74 Å². The number of carboxylic acid groups (broad SMARTS) is 1. The molecule has 1 N–H and O–H groups in total. The zero-order valence-electron chi connectivity index (χ0n) is 12.9. The quantitative estimate of drug-likeness (QED) is 0.797. The number of benzene rings is 1. The van der Waals surface area contributed by atoms with Crippen LogP contribution in [-0.2, 0) is 19.1 Å². The molecule has 0 saturated carbocycles. The summed E-state index contributed by atoms with van der Waals surface area (Å²) in [4.78, 5) is 34.7. The Bertz CT molecular complexity index is 614. The lowest BCUT2D eigenvalue weighted by molar-refractivity contribution is -0.147.